The first kappa shape index (κ1) is 61.9. The van der Waals surface area contributed by atoms with Crippen molar-refractivity contribution in [3.63, 3.8) is 0 Å². The van der Waals surface area contributed by atoms with Gasteiger partial charge in [-0.05, 0) is 83.5 Å². The lowest BCUT2D eigenvalue weighted by Gasteiger charge is -2.18. The third-order valence-electron chi connectivity index (χ3n) is 11.7. The monoisotopic (exact) mass is 907 g/mol. The second-order valence-corrected chi connectivity index (χ2v) is 18.1. The first-order valence-electron chi connectivity index (χ1n) is 27.4. The number of hydrogen-bond acceptors (Lipinski definition) is 6. The molecule has 0 heterocycles. The summed E-state index contributed by atoms with van der Waals surface area (Å²) in [4.78, 5) is 38.0. The first-order valence-corrected chi connectivity index (χ1v) is 27.4. The maximum Gasteiger partial charge on any atom is 0.306 e. The molecule has 65 heavy (non-hydrogen) atoms. The Morgan fingerprint density at radius 2 is 0.615 bits per heavy atom. The van der Waals surface area contributed by atoms with Crippen LogP contribution in [0, 0.1) is 0 Å². The number of carbonyl (C=O) groups excluding carboxylic acids is 3. The Labute approximate surface area is 402 Å². The standard InChI is InChI=1S/C59H102O6/c1-4-7-10-13-16-19-22-24-25-26-27-28-29-30-31-32-33-35-37-40-43-46-49-52-58(61)64-55-56(54-63-57(60)51-48-45-42-39-36-21-18-15-12-9-6-3)65-59(62)53-50-47-44-41-38-34-23-20-17-14-11-8-5-2/h7,10,15-16,18-19,24-25,27-28,30-31,56H,4-6,8-9,11-14,17,20-23,26,29,32-55H2,1-3H3/b10-7-,18-15-,19-16-,25-24-,28-27-,31-30-. The van der Waals surface area contributed by atoms with E-state index in [4.69, 9.17) is 14.2 Å². The van der Waals surface area contributed by atoms with E-state index in [1.54, 1.807) is 0 Å². The van der Waals surface area contributed by atoms with Crippen LogP contribution >= 0.6 is 0 Å². The van der Waals surface area contributed by atoms with Crippen molar-refractivity contribution in [3.8, 4) is 0 Å². The van der Waals surface area contributed by atoms with Gasteiger partial charge in [0.2, 0.25) is 0 Å². The van der Waals surface area contributed by atoms with Crippen molar-refractivity contribution in [1.82, 2.24) is 0 Å². The second kappa shape index (κ2) is 53.5. The molecule has 6 nitrogen and oxygen atoms in total. The molecule has 0 aliphatic rings. The minimum Gasteiger partial charge on any atom is -0.462 e. The van der Waals surface area contributed by atoms with Crippen LogP contribution in [-0.2, 0) is 28.6 Å². The van der Waals surface area contributed by atoms with Crippen molar-refractivity contribution < 1.29 is 28.6 Å². The molecule has 374 valence electrons. The maximum atomic E-state index is 12.8. The Kier molecular flexibility index (Phi) is 50.9. The van der Waals surface area contributed by atoms with E-state index in [9.17, 15) is 14.4 Å². The lowest BCUT2D eigenvalue weighted by molar-refractivity contribution is -0.167. The Hall–Kier alpha value is -3.15. The number of esters is 3. The molecule has 1 atom stereocenters. The molecule has 0 fully saturated rings. The summed E-state index contributed by atoms with van der Waals surface area (Å²) in [6, 6.07) is 0. The van der Waals surface area contributed by atoms with E-state index >= 15 is 0 Å². The van der Waals surface area contributed by atoms with E-state index in [-0.39, 0.29) is 31.1 Å². The van der Waals surface area contributed by atoms with Crippen molar-refractivity contribution >= 4 is 17.9 Å². The number of carbonyl (C=O) groups is 3. The van der Waals surface area contributed by atoms with Crippen molar-refractivity contribution in [2.45, 2.75) is 271 Å². The zero-order chi connectivity index (χ0) is 47.2. The summed E-state index contributed by atoms with van der Waals surface area (Å²) in [5, 5.41) is 0. The largest absolute Gasteiger partial charge is 0.462 e. The van der Waals surface area contributed by atoms with E-state index in [0.29, 0.717) is 19.3 Å². The van der Waals surface area contributed by atoms with Gasteiger partial charge in [0, 0.05) is 19.3 Å². The van der Waals surface area contributed by atoms with Gasteiger partial charge in [0.25, 0.3) is 0 Å². The van der Waals surface area contributed by atoms with Crippen molar-refractivity contribution in [1.29, 1.82) is 0 Å². The maximum absolute atomic E-state index is 12.8. The number of allylic oxidation sites excluding steroid dienone is 12. The third kappa shape index (κ3) is 51.7. The van der Waals surface area contributed by atoms with Crippen LogP contribution in [0.1, 0.15) is 265 Å². The van der Waals surface area contributed by atoms with E-state index in [2.05, 4.69) is 93.7 Å². The molecule has 1 unspecified atom stereocenters. The Morgan fingerprint density at radius 3 is 1.00 bits per heavy atom. The topological polar surface area (TPSA) is 78.9 Å². The summed E-state index contributed by atoms with van der Waals surface area (Å²) in [5.41, 5.74) is 0. The highest BCUT2D eigenvalue weighted by Crippen LogP contribution is 2.15. The molecule has 0 aliphatic heterocycles. The summed E-state index contributed by atoms with van der Waals surface area (Å²) in [6.07, 6.45) is 67.4. The molecule has 6 heteroatoms. The van der Waals surface area contributed by atoms with Gasteiger partial charge in [-0.3, -0.25) is 14.4 Å². The van der Waals surface area contributed by atoms with Gasteiger partial charge in [-0.1, -0.05) is 235 Å². The molecule has 0 rings (SSSR count). The molecule has 0 N–H and O–H groups in total. The zero-order valence-electron chi connectivity index (χ0n) is 42.7. The molecule has 0 aromatic carbocycles. The SMILES string of the molecule is CC/C=C\C/C=C\C/C=C\C/C=C\C/C=C\CCCCCCCCCC(=O)OCC(COC(=O)CCCCCCC/C=C\CCCC)OC(=O)CCCCCCCCCCCCCCC. The highest BCUT2D eigenvalue weighted by atomic mass is 16.6. The fourth-order valence-electron chi connectivity index (χ4n) is 7.57. The molecule has 0 radical (unpaired) electrons. The molecule has 0 spiro atoms. The van der Waals surface area contributed by atoms with Gasteiger partial charge in [-0.25, -0.2) is 0 Å². The van der Waals surface area contributed by atoms with Crippen LogP contribution in [0.4, 0.5) is 0 Å². The molecule has 0 saturated carbocycles. The summed E-state index contributed by atoms with van der Waals surface area (Å²) < 4.78 is 16.8. The molecular weight excluding hydrogens is 805 g/mol. The minimum absolute atomic E-state index is 0.0814. The van der Waals surface area contributed by atoms with Gasteiger partial charge in [-0.15, -0.1) is 0 Å². The Bertz CT molecular complexity index is 1230. The first-order chi connectivity index (χ1) is 32.0. The van der Waals surface area contributed by atoms with Crippen molar-refractivity contribution in [2.75, 3.05) is 13.2 Å². The van der Waals surface area contributed by atoms with Gasteiger partial charge in [0.15, 0.2) is 6.10 Å². The molecular formula is C59H102O6. The molecule has 0 aliphatic carbocycles. The van der Waals surface area contributed by atoms with Crippen LogP contribution in [0.15, 0.2) is 72.9 Å². The number of rotatable bonds is 49. The molecule has 0 amide bonds. The fraction of sp³-hybridized carbons (Fsp3) is 0.746. The van der Waals surface area contributed by atoms with Gasteiger partial charge >= 0.3 is 17.9 Å². The van der Waals surface area contributed by atoms with E-state index < -0.39 is 6.10 Å². The smallest absolute Gasteiger partial charge is 0.306 e. The van der Waals surface area contributed by atoms with Crippen molar-refractivity contribution in [3.05, 3.63) is 72.9 Å². The predicted molar refractivity (Wildman–Crippen MR) is 279 cm³/mol. The van der Waals surface area contributed by atoms with Crippen LogP contribution in [0.5, 0.6) is 0 Å². The summed E-state index contributed by atoms with van der Waals surface area (Å²) >= 11 is 0. The molecule has 0 aromatic heterocycles. The highest BCUT2D eigenvalue weighted by molar-refractivity contribution is 5.71. The summed E-state index contributed by atoms with van der Waals surface area (Å²) in [6.45, 7) is 6.48. The Balaban J connectivity index is 4.31. The van der Waals surface area contributed by atoms with Gasteiger partial charge in [-0.2, -0.15) is 0 Å². The van der Waals surface area contributed by atoms with E-state index in [1.165, 1.54) is 122 Å². The van der Waals surface area contributed by atoms with E-state index in [1.807, 2.05) is 0 Å². The average Bonchev–Trinajstić information content (AvgIpc) is 3.30. The zero-order valence-corrected chi connectivity index (χ0v) is 42.7. The normalized spacial score (nSPS) is 12.6. The van der Waals surface area contributed by atoms with Gasteiger partial charge < -0.3 is 14.2 Å². The van der Waals surface area contributed by atoms with Crippen molar-refractivity contribution in [2.24, 2.45) is 0 Å². The highest BCUT2D eigenvalue weighted by Gasteiger charge is 2.19. The predicted octanol–water partition coefficient (Wildman–Crippen LogP) is 18.2. The quantitative estimate of drug-likeness (QED) is 0.0262. The van der Waals surface area contributed by atoms with Crippen LogP contribution in [0.3, 0.4) is 0 Å². The van der Waals surface area contributed by atoms with Crippen LogP contribution in [0.2, 0.25) is 0 Å². The average molecular weight is 907 g/mol. The van der Waals surface area contributed by atoms with Gasteiger partial charge in [0.1, 0.15) is 13.2 Å². The number of hydrogen-bond donors (Lipinski definition) is 0. The third-order valence-corrected chi connectivity index (χ3v) is 11.7. The van der Waals surface area contributed by atoms with Crippen LogP contribution in [-0.4, -0.2) is 37.2 Å². The molecule has 0 saturated heterocycles. The van der Waals surface area contributed by atoms with Crippen LogP contribution in [0.25, 0.3) is 0 Å². The molecule has 0 bridgehead atoms. The Morgan fingerprint density at radius 1 is 0.323 bits per heavy atom. The minimum atomic E-state index is -0.780. The summed E-state index contributed by atoms with van der Waals surface area (Å²) in [7, 11) is 0. The molecule has 0 aromatic rings. The van der Waals surface area contributed by atoms with E-state index in [0.717, 1.165) is 103 Å². The number of unbranched alkanes of at least 4 members (excludes halogenated alkanes) is 26. The lowest BCUT2D eigenvalue weighted by Crippen LogP contribution is -2.30. The number of ether oxygens (including phenoxy) is 3. The van der Waals surface area contributed by atoms with Crippen LogP contribution < -0.4 is 0 Å². The lowest BCUT2D eigenvalue weighted by atomic mass is 10.0. The fourth-order valence-corrected chi connectivity index (χ4v) is 7.57. The summed E-state index contributed by atoms with van der Waals surface area (Å²) in [5.74, 6) is -0.896. The second-order valence-electron chi connectivity index (χ2n) is 18.1. The van der Waals surface area contributed by atoms with Gasteiger partial charge in [0.05, 0.1) is 0 Å².